The van der Waals surface area contributed by atoms with E-state index in [-0.39, 0.29) is 5.91 Å². The maximum Gasteiger partial charge on any atom is 0.252 e. The Morgan fingerprint density at radius 1 is 1.07 bits per heavy atom. The SMILES string of the molecule is Cc1cc(C(=O)NCc2ccccc2CN2CCCCCC2)c2c(C)nn(C)c2n1. The van der Waals surface area contributed by atoms with Gasteiger partial charge < -0.3 is 5.32 Å². The van der Waals surface area contributed by atoms with Crippen molar-refractivity contribution in [3.63, 3.8) is 0 Å². The van der Waals surface area contributed by atoms with Gasteiger partial charge in [-0.2, -0.15) is 5.10 Å². The minimum atomic E-state index is -0.0776. The van der Waals surface area contributed by atoms with E-state index < -0.39 is 0 Å². The highest BCUT2D eigenvalue weighted by molar-refractivity contribution is 6.06. The van der Waals surface area contributed by atoms with Crippen LogP contribution in [0, 0.1) is 13.8 Å². The van der Waals surface area contributed by atoms with Gasteiger partial charge in [0.15, 0.2) is 5.65 Å². The molecule has 1 aliphatic rings. The Bertz CT molecular complexity index is 1050. The predicted octanol–water partition coefficient (Wildman–Crippen LogP) is 3.89. The zero-order chi connectivity index (χ0) is 21.1. The van der Waals surface area contributed by atoms with Crippen LogP contribution in [0.3, 0.4) is 0 Å². The van der Waals surface area contributed by atoms with Crippen LogP contribution < -0.4 is 5.32 Å². The van der Waals surface area contributed by atoms with E-state index >= 15 is 0 Å². The van der Waals surface area contributed by atoms with Crippen LogP contribution >= 0.6 is 0 Å². The van der Waals surface area contributed by atoms with Crippen molar-refractivity contribution >= 4 is 16.9 Å². The number of hydrogen-bond acceptors (Lipinski definition) is 4. The summed E-state index contributed by atoms with van der Waals surface area (Å²) in [5, 5.41) is 8.42. The van der Waals surface area contributed by atoms with Crippen LogP contribution in [0.4, 0.5) is 0 Å². The maximum absolute atomic E-state index is 13.1. The zero-order valence-corrected chi connectivity index (χ0v) is 18.2. The lowest BCUT2D eigenvalue weighted by Gasteiger charge is -2.21. The van der Waals surface area contributed by atoms with Crippen molar-refractivity contribution in [2.75, 3.05) is 13.1 Å². The number of pyridine rings is 1. The van der Waals surface area contributed by atoms with Gasteiger partial charge >= 0.3 is 0 Å². The summed E-state index contributed by atoms with van der Waals surface area (Å²) in [4.78, 5) is 20.2. The number of carbonyl (C=O) groups excluding carboxylic acids is 1. The van der Waals surface area contributed by atoms with E-state index in [2.05, 4.69) is 38.5 Å². The Labute approximate surface area is 178 Å². The molecule has 6 nitrogen and oxygen atoms in total. The molecule has 2 aromatic heterocycles. The third kappa shape index (κ3) is 4.38. The number of benzene rings is 1. The standard InChI is InChI=1S/C24H31N5O/c1-17-14-21(22-18(2)27-28(3)23(22)26-17)24(30)25-15-19-10-6-7-11-20(19)16-29-12-8-4-5-9-13-29/h6-7,10-11,14H,4-5,8-9,12-13,15-16H2,1-3H3,(H,25,30). The van der Waals surface area contributed by atoms with Gasteiger partial charge in [0, 0.05) is 25.8 Å². The molecule has 4 rings (SSSR count). The Morgan fingerprint density at radius 3 is 2.50 bits per heavy atom. The molecule has 158 valence electrons. The fraction of sp³-hybridized carbons (Fsp3) is 0.458. The molecule has 3 heterocycles. The molecule has 1 saturated heterocycles. The first-order chi connectivity index (χ1) is 14.5. The molecule has 0 saturated carbocycles. The van der Waals surface area contributed by atoms with Crippen molar-refractivity contribution in [3.05, 3.63) is 58.4 Å². The van der Waals surface area contributed by atoms with Crippen LogP contribution in [-0.4, -0.2) is 38.7 Å². The lowest BCUT2D eigenvalue weighted by Crippen LogP contribution is -2.27. The van der Waals surface area contributed by atoms with Crippen LogP contribution in [0.25, 0.3) is 11.0 Å². The average molecular weight is 406 g/mol. The Morgan fingerprint density at radius 2 is 1.77 bits per heavy atom. The molecule has 3 aromatic rings. The lowest BCUT2D eigenvalue weighted by molar-refractivity contribution is 0.0952. The van der Waals surface area contributed by atoms with Gasteiger partial charge in [-0.25, -0.2) is 4.98 Å². The number of aromatic nitrogens is 3. The van der Waals surface area contributed by atoms with Crippen molar-refractivity contribution in [3.8, 4) is 0 Å². The number of amides is 1. The molecule has 0 atom stereocenters. The lowest BCUT2D eigenvalue weighted by atomic mass is 10.1. The second-order valence-corrected chi connectivity index (χ2v) is 8.36. The van der Waals surface area contributed by atoms with Crippen molar-refractivity contribution in [1.82, 2.24) is 25.0 Å². The fourth-order valence-corrected chi connectivity index (χ4v) is 4.44. The molecule has 1 N–H and O–H groups in total. The number of fused-ring (bicyclic) bond motifs is 1. The normalized spacial score (nSPS) is 15.3. The number of likely N-dealkylation sites (tertiary alicyclic amines) is 1. The Balaban J connectivity index is 1.52. The maximum atomic E-state index is 13.1. The monoisotopic (exact) mass is 405 g/mol. The molecule has 1 aromatic carbocycles. The highest BCUT2D eigenvalue weighted by atomic mass is 16.1. The van der Waals surface area contributed by atoms with E-state index in [9.17, 15) is 4.79 Å². The van der Waals surface area contributed by atoms with Crippen LogP contribution in [0.2, 0.25) is 0 Å². The summed E-state index contributed by atoms with van der Waals surface area (Å²) in [5.41, 5.74) is 5.52. The summed E-state index contributed by atoms with van der Waals surface area (Å²) in [7, 11) is 1.86. The molecule has 0 aliphatic carbocycles. The van der Waals surface area contributed by atoms with E-state index in [0.29, 0.717) is 12.1 Å². The first kappa shape index (κ1) is 20.5. The van der Waals surface area contributed by atoms with Gasteiger partial charge in [-0.3, -0.25) is 14.4 Å². The molecule has 6 heteroatoms. The summed E-state index contributed by atoms with van der Waals surface area (Å²) < 4.78 is 1.74. The van der Waals surface area contributed by atoms with Gasteiger partial charge in [0.25, 0.3) is 5.91 Å². The predicted molar refractivity (Wildman–Crippen MR) is 119 cm³/mol. The molecule has 0 spiro atoms. The van der Waals surface area contributed by atoms with Gasteiger partial charge in [-0.05, 0) is 57.0 Å². The molecule has 0 unspecified atom stereocenters. The molecular formula is C24H31N5O. The number of hydrogen-bond donors (Lipinski definition) is 1. The smallest absolute Gasteiger partial charge is 0.252 e. The van der Waals surface area contributed by atoms with Gasteiger partial charge in [-0.1, -0.05) is 37.1 Å². The van der Waals surface area contributed by atoms with Crippen LogP contribution in [0.15, 0.2) is 30.3 Å². The number of rotatable bonds is 5. The van der Waals surface area contributed by atoms with E-state index in [4.69, 9.17) is 0 Å². The van der Waals surface area contributed by atoms with E-state index in [1.54, 1.807) is 4.68 Å². The third-order valence-corrected chi connectivity index (χ3v) is 5.99. The Hall–Kier alpha value is -2.73. The second-order valence-electron chi connectivity index (χ2n) is 8.36. The van der Waals surface area contributed by atoms with Crippen molar-refractivity contribution in [2.45, 2.75) is 52.6 Å². The van der Waals surface area contributed by atoms with E-state index in [0.717, 1.165) is 42.1 Å². The summed E-state index contributed by atoms with van der Waals surface area (Å²) in [6.45, 7) is 7.63. The first-order valence-corrected chi connectivity index (χ1v) is 10.9. The average Bonchev–Trinajstić information content (AvgIpc) is 2.90. The number of aryl methyl sites for hydroxylation is 3. The summed E-state index contributed by atoms with van der Waals surface area (Å²) >= 11 is 0. The fourth-order valence-electron chi connectivity index (χ4n) is 4.44. The minimum absolute atomic E-state index is 0.0776. The third-order valence-electron chi connectivity index (χ3n) is 5.99. The van der Waals surface area contributed by atoms with Crippen LogP contribution in [0.5, 0.6) is 0 Å². The molecule has 1 amide bonds. The molecular weight excluding hydrogens is 374 g/mol. The molecule has 30 heavy (non-hydrogen) atoms. The molecule has 0 bridgehead atoms. The first-order valence-electron chi connectivity index (χ1n) is 10.9. The largest absolute Gasteiger partial charge is 0.348 e. The van der Waals surface area contributed by atoms with Crippen LogP contribution in [0.1, 0.15) is 58.6 Å². The minimum Gasteiger partial charge on any atom is -0.348 e. The summed E-state index contributed by atoms with van der Waals surface area (Å²) in [5.74, 6) is -0.0776. The molecule has 1 aliphatic heterocycles. The van der Waals surface area contributed by atoms with E-state index in [1.807, 2.05) is 33.0 Å². The van der Waals surface area contributed by atoms with Gasteiger partial charge in [0.1, 0.15) is 0 Å². The highest BCUT2D eigenvalue weighted by Gasteiger charge is 2.18. The Kier molecular flexibility index (Phi) is 6.13. The van der Waals surface area contributed by atoms with Crippen molar-refractivity contribution < 1.29 is 4.79 Å². The van der Waals surface area contributed by atoms with Gasteiger partial charge in [0.2, 0.25) is 0 Å². The molecule has 0 radical (unpaired) electrons. The summed E-state index contributed by atoms with van der Waals surface area (Å²) in [6, 6.07) is 10.3. The van der Waals surface area contributed by atoms with Crippen molar-refractivity contribution in [2.24, 2.45) is 7.05 Å². The highest BCUT2D eigenvalue weighted by Crippen LogP contribution is 2.22. The quantitative estimate of drug-likeness (QED) is 0.699. The van der Waals surface area contributed by atoms with Crippen molar-refractivity contribution in [1.29, 1.82) is 0 Å². The second kappa shape index (κ2) is 8.96. The van der Waals surface area contributed by atoms with Gasteiger partial charge in [-0.15, -0.1) is 0 Å². The van der Waals surface area contributed by atoms with Crippen LogP contribution in [-0.2, 0) is 20.1 Å². The zero-order valence-electron chi connectivity index (χ0n) is 18.2. The topological polar surface area (TPSA) is 63.1 Å². The van der Waals surface area contributed by atoms with E-state index in [1.165, 1.54) is 36.8 Å². The molecule has 1 fully saturated rings. The number of carbonyl (C=O) groups is 1. The summed E-state index contributed by atoms with van der Waals surface area (Å²) in [6.07, 6.45) is 5.23. The number of nitrogens with zero attached hydrogens (tertiary/aromatic N) is 4. The number of nitrogens with one attached hydrogen (secondary N) is 1. The van der Waals surface area contributed by atoms with Gasteiger partial charge in [0.05, 0.1) is 16.6 Å².